The van der Waals surface area contributed by atoms with Gasteiger partial charge in [0, 0.05) is 6.54 Å². The zero-order chi connectivity index (χ0) is 12.8. The molecule has 0 saturated heterocycles. The molecule has 0 unspecified atom stereocenters. The highest BCUT2D eigenvalue weighted by Crippen LogP contribution is 2.18. The number of carbonyl (C=O) groups excluding carboxylic acids is 1. The number of hydrogen-bond acceptors (Lipinski definition) is 3. The highest BCUT2D eigenvalue weighted by molar-refractivity contribution is 7.82. The first kappa shape index (κ1) is 13.1. The summed E-state index contributed by atoms with van der Waals surface area (Å²) >= 11 is 4.00. The second-order valence-electron chi connectivity index (χ2n) is 3.14. The van der Waals surface area contributed by atoms with E-state index in [4.69, 9.17) is 5.11 Å². The first-order valence-corrected chi connectivity index (χ1v) is 5.17. The molecule has 0 aromatic heterocycles. The number of aromatic carboxylic acids is 1. The molecule has 90 valence electrons. The lowest BCUT2D eigenvalue weighted by Gasteiger charge is -2.16. The van der Waals surface area contributed by atoms with E-state index in [1.807, 2.05) is 0 Å². The maximum Gasteiger partial charge on any atom is 0.335 e. The predicted molar refractivity (Wildman–Crippen MR) is 68.5 cm³/mol. The van der Waals surface area contributed by atoms with Crippen LogP contribution in [0.3, 0.4) is 0 Å². The number of carbonyl (C=O) groups is 2. The van der Waals surface area contributed by atoms with Crippen molar-refractivity contribution in [1.82, 2.24) is 5.32 Å². The minimum atomic E-state index is -1.06. The molecule has 0 aliphatic heterocycles. The number of hydrogen-bond donors (Lipinski definition) is 3. The molecule has 0 heterocycles. The average Bonchev–Trinajstić information content (AvgIpc) is 2.35. The van der Waals surface area contributed by atoms with Crippen LogP contribution in [0.1, 0.15) is 10.4 Å². The summed E-state index contributed by atoms with van der Waals surface area (Å²) in [7, 11) is 0. The van der Waals surface area contributed by atoms with E-state index in [9.17, 15) is 9.59 Å². The van der Waals surface area contributed by atoms with Crippen LogP contribution < -0.4 is 9.62 Å². The molecule has 0 bridgehead atoms. The first-order chi connectivity index (χ1) is 8.06. The van der Waals surface area contributed by atoms with Crippen molar-refractivity contribution in [3.05, 3.63) is 42.5 Å². The Morgan fingerprint density at radius 1 is 1.53 bits per heavy atom. The molecule has 2 amide bonds. The quantitative estimate of drug-likeness (QED) is 0.566. The number of carboxylic acid groups (broad SMARTS) is 1. The number of thiol groups is 1. The van der Waals surface area contributed by atoms with Crippen LogP contribution in [0, 0.1) is 0 Å². The minimum absolute atomic E-state index is 0.0954. The van der Waals surface area contributed by atoms with Crippen LogP contribution >= 0.6 is 12.8 Å². The molecule has 1 rings (SSSR count). The van der Waals surface area contributed by atoms with Crippen molar-refractivity contribution in [2.75, 3.05) is 10.8 Å². The standard InChI is InChI=1S/C11H12N2O3S/c1-2-6-12-11(16)13(17)9-5-3-4-8(7-9)10(14)15/h2-5,7,17H,1,6H2,(H,12,16)(H,14,15). The summed E-state index contributed by atoms with van der Waals surface area (Å²) in [5, 5.41) is 11.3. The van der Waals surface area contributed by atoms with E-state index < -0.39 is 12.0 Å². The minimum Gasteiger partial charge on any atom is -0.478 e. The smallest absolute Gasteiger partial charge is 0.335 e. The second-order valence-corrected chi connectivity index (χ2v) is 3.54. The number of anilines is 1. The van der Waals surface area contributed by atoms with E-state index in [1.54, 1.807) is 12.1 Å². The van der Waals surface area contributed by atoms with Crippen molar-refractivity contribution < 1.29 is 14.7 Å². The lowest BCUT2D eigenvalue weighted by molar-refractivity contribution is 0.0697. The zero-order valence-corrected chi connectivity index (χ0v) is 9.85. The third-order valence-electron chi connectivity index (χ3n) is 1.93. The van der Waals surface area contributed by atoms with Crippen LogP contribution in [-0.4, -0.2) is 23.7 Å². The van der Waals surface area contributed by atoms with Crippen molar-refractivity contribution in [1.29, 1.82) is 0 Å². The maximum atomic E-state index is 11.5. The number of amides is 2. The van der Waals surface area contributed by atoms with Crippen molar-refractivity contribution in [3.63, 3.8) is 0 Å². The lowest BCUT2D eigenvalue weighted by atomic mass is 10.2. The Labute approximate surface area is 104 Å². The molecular weight excluding hydrogens is 240 g/mol. The molecule has 0 atom stereocenters. The Kier molecular flexibility index (Phi) is 4.59. The van der Waals surface area contributed by atoms with Gasteiger partial charge in [0.2, 0.25) is 0 Å². The van der Waals surface area contributed by atoms with Crippen molar-refractivity contribution >= 4 is 30.5 Å². The van der Waals surface area contributed by atoms with E-state index in [2.05, 4.69) is 24.7 Å². The van der Waals surface area contributed by atoms with Crippen LogP contribution in [-0.2, 0) is 0 Å². The van der Waals surface area contributed by atoms with Crippen LogP contribution in [0.5, 0.6) is 0 Å². The van der Waals surface area contributed by atoms with Crippen LogP contribution in [0.15, 0.2) is 36.9 Å². The molecule has 0 fully saturated rings. The van der Waals surface area contributed by atoms with Crippen LogP contribution in [0.2, 0.25) is 0 Å². The molecule has 1 aromatic carbocycles. The summed E-state index contributed by atoms with van der Waals surface area (Å²) in [6.07, 6.45) is 1.53. The van der Waals surface area contributed by atoms with Gasteiger partial charge in [0.25, 0.3) is 0 Å². The van der Waals surface area contributed by atoms with E-state index in [0.29, 0.717) is 12.2 Å². The number of nitrogens with one attached hydrogen (secondary N) is 1. The largest absolute Gasteiger partial charge is 0.478 e. The molecule has 0 radical (unpaired) electrons. The van der Waals surface area contributed by atoms with Crippen molar-refractivity contribution in [3.8, 4) is 0 Å². The van der Waals surface area contributed by atoms with Gasteiger partial charge in [0.1, 0.15) is 0 Å². The molecule has 0 saturated carbocycles. The van der Waals surface area contributed by atoms with Crippen molar-refractivity contribution in [2.45, 2.75) is 0 Å². The Morgan fingerprint density at radius 2 is 2.24 bits per heavy atom. The number of nitrogens with zero attached hydrogens (tertiary/aromatic N) is 1. The van der Waals surface area contributed by atoms with Crippen LogP contribution in [0.4, 0.5) is 10.5 Å². The molecule has 0 aliphatic rings. The van der Waals surface area contributed by atoms with Gasteiger partial charge in [-0.25, -0.2) is 13.9 Å². The SMILES string of the molecule is C=CCNC(=O)N(S)c1cccc(C(=O)O)c1. The normalized spacial score (nSPS) is 9.47. The van der Waals surface area contributed by atoms with E-state index >= 15 is 0 Å². The molecule has 17 heavy (non-hydrogen) atoms. The summed E-state index contributed by atoms with van der Waals surface area (Å²) in [6, 6.07) is 5.49. The third-order valence-corrected chi connectivity index (χ3v) is 2.34. The van der Waals surface area contributed by atoms with Gasteiger partial charge >= 0.3 is 12.0 Å². The summed E-state index contributed by atoms with van der Waals surface area (Å²) in [6.45, 7) is 3.78. The highest BCUT2D eigenvalue weighted by atomic mass is 32.1. The Hall–Kier alpha value is -1.95. The molecule has 5 nitrogen and oxygen atoms in total. The van der Waals surface area contributed by atoms with E-state index in [0.717, 1.165) is 4.31 Å². The third kappa shape index (κ3) is 3.53. The molecule has 6 heteroatoms. The first-order valence-electron chi connectivity index (χ1n) is 4.77. The maximum absolute atomic E-state index is 11.5. The number of carboxylic acids is 1. The summed E-state index contributed by atoms with van der Waals surface area (Å²) in [5.74, 6) is -1.06. The molecule has 2 N–H and O–H groups in total. The highest BCUT2D eigenvalue weighted by Gasteiger charge is 2.12. The summed E-state index contributed by atoms with van der Waals surface area (Å²) < 4.78 is 1.04. The van der Waals surface area contributed by atoms with Gasteiger partial charge in [-0.15, -0.1) is 6.58 Å². The van der Waals surface area contributed by atoms with Crippen molar-refractivity contribution in [2.24, 2.45) is 0 Å². The number of benzene rings is 1. The topological polar surface area (TPSA) is 69.6 Å². The monoisotopic (exact) mass is 252 g/mol. The Bertz CT molecular complexity index is 448. The number of rotatable bonds is 4. The Balaban J connectivity index is 2.84. The zero-order valence-electron chi connectivity index (χ0n) is 8.96. The summed E-state index contributed by atoms with van der Waals surface area (Å²) in [4.78, 5) is 22.3. The van der Waals surface area contributed by atoms with E-state index in [-0.39, 0.29) is 5.56 Å². The predicted octanol–water partition coefficient (Wildman–Crippen LogP) is 1.93. The van der Waals surface area contributed by atoms with Gasteiger partial charge in [0.05, 0.1) is 11.3 Å². The fraction of sp³-hybridized carbons (Fsp3) is 0.0909. The molecule has 0 spiro atoms. The van der Waals surface area contributed by atoms with Crippen LogP contribution in [0.25, 0.3) is 0 Å². The number of urea groups is 1. The Morgan fingerprint density at radius 3 is 2.82 bits per heavy atom. The van der Waals surface area contributed by atoms with Gasteiger partial charge in [-0.1, -0.05) is 25.0 Å². The van der Waals surface area contributed by atoms with Gasteiger partial charge in [0.15, 0.2) is 0 Å². The van der Waals surface area contributed by atoms with Gasteiger partial charge in [-0.05, 0) is 18.2 Å². The lowest BCUT2D eigenvalue weighted by Crippen LogP contribution is -2.34. The molecular formula is C11H12N2O3S. The second kappa shape index (κ2) is 5.95. The fourth-order valence-electron chi connectivity index (χ4n) is 1.12. The molecule has 1 aromatic rings. The average molecular weight is 252 g/mol. The van der Waals surface area contributed by atoms with E-state index in [1.165, 1.54) is 18.2 Å². The summed E-state index contributed by atoms with van der Waals surface area (Å²) in [5.41, 5.74) is 0.480. The van der Waals surface area contributed by atoms with Gasteiger partial charge < -0.3 is 10.4 Å². The molecule has 0 aliphatic carbocycles. The van der Waals surface area contributed by atoms with Gasteiger partial charge in [-0.2, -0.15) is 0 Å². The fourth-order valence-corrected chi connectivity index (χ4v) is 1.32. The van der Waals surface area contributed by atoms with Gasteiger partial charge in [-0.3, -0.25) is 0 Å².